The number of carbonyl (C=O) groups is 1. The molecule has 21 heavy (non-hydrogen) atoms. The van der Waals surface area contributed by atoms with Crippen LogP contribution >= 0.6 is 12.4 Å². The normalized spacial score (nSPS) is 21.2. The SMILES string of the molecule is Cl.NC1CCC(NC(=O)Cc2ccccc2[N+](=O)[O-])CC1. The highest BCUT2D eigenvalue weighted by atomic mass is 35.5. The molecule has 0 saturated heterocycles. The molecule has 1 aromatic rings. The van der Waals surface area contributed by atoms with Crippen LogP contribution in [0, 0.1) is 10.1 Å². The van der Waals surface area contributed by atoms with E-state index in [-0.39, 0.29) is 42.5 Å². The van der Waals surface area contributed by atoms with Gasteiger partial charge < -0.3 is 11.1 Å². The average Bonchev–Trinajstić information content (AvgIpc) is 2.41. The Morgan fingerprint density at radius 2 is 1.90 bits per heavy atom. The van der Waals surface area contributed by atoms with Gasteiger partial charge in [-0.25, -0.2) is 0 Å². The molecule has 116 valence electrons. The van der Waals surface area contributed by atoms with Crippen LogP contribution in [0.2, 0.25) is 0 Å². The number of amides is 1. The van der Waals surface area contributed by atoms with Gasteiger partial charge in [-0.3, -0.25) is 14.9 Å². The van der Waals surface area contributed by atoms with E-state index in [2.05, 4.69) is 5.32 Å². The van der Waals surface area contributed by atoms with Gasteiger partial charge in [0.2, 0.25) is 5.91 Å². The van der Waals surface area contributed by atoms with Gasteiger partial charge in [-0.15, -0.1) is 12.4 Å². The summed E-state index contributed by atoms with van der Waals surface area (Å²) in [6.07, 6.45) is 3.63. The Morgan fingerprint density at radius 1 is 1.29 bits per heavy atom. The second kappa shape index (κ2) is 7.95. The van der Waals surface area contributed by atoms with Crippen molar-refractivity contribution in [1.29, 1.82) is 0 Å². The first kappa shape index (κ1) is 17.4. The third-order valence-corrected chi connectivity index (χ3v) is 3.68. The second-order valence-electron chi connectivity index (χ2n) is 5.24. The van der Waals surface area contributed by atoms with Gasteiger partial charge in [0, 0.05) is 23.7 Å². The summed E-state index contributed by atoms with van der Waals surface area (Å²) in [6.45, 7) is 0. The third-order valence-electron chi connectivity index (χ3n) is 3.68. The lowest BCUT2D eigenvalue weighted by Gasteiger charge is -2.26. The molecule has 0 spiro atoms. The van der Waals surface area contributed by atoms with Gasteiger partial charge in [-0.1, -0.05) is 18.2 Å². The zero-order valence-electron chi connectivity index (χ0n) is 11.7. The lowest BCUT2D eigenvalue weighted by molar-refractivity contribution is -0.385. The van der Waals surface area contributed by atoms with Gasteiger partial charge in [0.15, 0.2) is 0 Å². The van der Waals surface area contributed by atoms with E-state index in [9.17, 15) is 14.9 Å². The molecule has 0 unspecified atom stereocenters. The Balaban J connectivity index is 0.00000220. The fourth-order valence-corrected chi connectivity index (χ4v) is 2.55. The van der Waals surface area contributed by atoms with Crippen molar-refractivity contribution in [3.8, 4) is 0 Å². The van der Waals surface area contributed by atoms with Crippen molar-refractivity contribution in [2.75, 3.05) is 0 Å². The van der Waals surface area contributed by atoms with Crippen molar-refractivity contribution in [3.63, 3.8) is 0 Å². The number of nitrogens with zero attached hydrogens (tertiary/aromatic N) is 1. The maximum Gasteiger partial charge on any atom is 0.273 e. The van der Waals surface area contributed by atoms with Crippen molar-refractivity contribution in [1.82, 2.24) is 5.32 Å². The number of carbonyl (C=O) groups excluding carboxylic acids is 1. The summed E-state index contributed by atoms with van der Waals surface area (Å²) in [5.74, 6) is -0.167. The van der Waals surface area contributed by atoms with Crippen molar-refractivity contribution < 1.29 is 9.72 Å². The molecule has 0 heterocycles. The van der Waals surface area contributed by atoms with Crippen LogP contribution in [-0.4, -0.2) is 22.9 Å². The van der Waals surface area contributed by atoms with E-state index in [0.717, 1.165) is 25.7 Å². The molecule has 0 radical (unpaired) electrons. The van der Waals surface area contributed by atoms with E-state index in [1.54, 1.807) is 18.2 Å². The highest BCUT2D eigenvalue weighted by molar-refractivity contribution is 5.85. The molecule has 1 aromatic carbocycles. The first-order valence-corrected chi connectivity index (χ1v) is 6.83. The maximum absolute atomic E-state index is 12.0. The van der Waals surface area contributed by atoms with Crippen molar-refractivity contribution in [2.24, 2.45) is 5.73 Å². The van der Waals surface area contributed by atoms with Crippen LogP contribution in [-0.2, 0) is 11.2 Å². The summed E-state index contributed by atoms with van der Waals surface area (Å²) in [5, 5.41) is 13.8. The predicted molar refractivity (Wildman–Crippen MR) is 82.4 cm³/mol. The molecule has 0 bridgehead atoms. The van der Waals surface area contributed by atoms with E-state index in [1.807, 2.05) is 0 Å². The predicted octanol–water partition coefficient (Wildman–Crippen LogP) is 1.95. The molecule has 0 aromatic heterocycles. The third kappa shape index (κ3) is 4.99. The van der Waals surface area contributed by atoms with Crippen LogP contribution in [0.3, 0.4) is 0 Å². The highest BCUT2D eigenvalue weighted by Gasteiger charge is 2.21. The minimum atomic E-state index is -0.456. The fourth-order valence-electron chi connectivity index (χ4n) is 2.55. The van der Waals surface area contributed by atoms with Crippen LogP contribution in [0.5, 0.6) is 0 Å². The summed E-state index contributed by atoms with van der Waals surface area (Å²) in [6, 6.07) is 6.72. The van der Waals surface area contributed by atoms with Gasteiger partial charge in [0.05, 0.1) is 11.3 Å². The second-order valence-corrected chi connectivity index (χ2v) is 5.24. The number of rotatable bonds is 4. The van der Waals surface area contributed by atoms with E-state index >= 15 is 0 Å². The number of nitrogens with one attached hydrogen (secondary N) is 1. The molecule has 1 aliphatic carbocycles. The summed E-state index contributed by atoms with van der Waals surface area (Å²) in [4.78, 5) is 22.4. The molecular weight excluding hydrogens is 294 g/mol. The lowest BCUT2D eigenvalue weighted by atomic mass is 9.91. The molecule has 0 atom stereocenters. The molecule has 1 fully saturated rings. The minimum Gasteiger partial charge on any atom is -0.353 e. The number of hydrogen-bond acceptors (Lipinski definition) is 4. The zero-order valence-corrected chi connectivity index (χ0v) is 12.5. The summed E-state index contributed by atoms with van der Waals surface area (Å²) in [5.41, 5.74) is 6.26. The molecular formula is C14H20ClN3O3. The van der Waals surface area contributed by atoms with Gasteiger partial charge in [-0.05, 0) is 25.7 Å². The van der Waals surface area contributed by atoms with Crippen LogP contribution < -0.4 is 11.1 Å². The largest absolute Gasteiger partial charge is 0.353 e. The van der Waals surface area contributed by atoms with Gasteiger partial charge in [0.1, 0.15) is 0 Å². The van der Waals surface area contributed by atoms with Crippen molar-refractivity contribution in [3.05, 3.63) is 39.9 Å². The van der Waals surface area contributed by atoms with Crippen LogP contribution in [0.15, 0.2) is 24.3 Å². The number of nitro groups is 1. The average molecular weight is 314 g/mol. The Hall–Kier alpha value is -1.66. The quantitative estimate of drug-likeness (QED) is 0.655. The number of halogens is 1. The highest BCUT2D eigenvalue weighted by Crippen LogP contribution is 2.19. The lowest BCUT2D eigenvalue weighted by Crippen LogP contribution is -2.41. The first-order chi connectivity index (χ1) is 9.56. The fraction of sp³-hybridized carbons (Fsp3) is 0.500. The molecule has 2 rings (SSSR count). The van der Waals surface area contributed by atoms with E-state index in [0.29, 0.717) is 5.56 Å². The van der Waals surface area contributed by atoms with Crippen molar-refractivity contribution >= 4 is 24.0 Å². The monoisotopic (exact) mass is 313 g/mol. The smallest absolute Gasteiger partial charge is 0.273 e. The number of nitrogens with two attached hydrogens (primary N) is 1. The van der Waals surface area contributed by atoms with E-state index in [1.165, 1.54) is 6.07 Å². The molecule has 0 aliphatic heterocycles. The van der Waals surface area contributed by atoms with Crippen LogP contribution in [0.1, 0.15) is 31.2 Å². The summed E-state index contributed by atoms with van der Waals surface area (Å²) >= 11 is 0. The van der Waals surface area contributed by atoms with Crippen LogP contribution in [0.4, 0.5) is 5.69 Å². The molecule has 1 saturated carbocycles. The Kier molecular flexibility index (Phi) is 6.58. The molecule has 6 nitrogen and oxygen atoms in total. The van der Waals surface area contributed by atoms with Gasteiger partial charge in [0.25, 0.3) is 5.69 Å². The number of nitro benzene ring substituents is 1. The Labute approximate surface area is 129 Å². The minimum absolute atomic E-state index is 0. The Bertz CT molecular complexity index is 502. The summed E-state index contributed by atoms with van der Waals surface area (Å²) < 4.78 is 0. The van der Waals surface area contributed by atoms with Gasteiger partial charge in [-0.2, -0.15) is 0 Å². The number of benzene rings is 1. The molecule has 1 amide bonds. The standard InChI is InChI=1S/C14H19N3O3.ClH/c15-11-5-7-12(8-6-11)16-14(18)9-10-3-1-2-4-13(10)17(19)20;/h1-4,11-12H,5-9,15H2,(H,16,18);1H. The summed E-state index contributed by atoms with van der Waals surface area (Å²) in [7, 11) is 0. The maximum atomic E-state index is 12.0. The first-order valence-electron chi connectivity index (χ1n) is 6.83. The number of hydrogen-bond donors (Lipinski definition) is 2. The number of para-hydroxylation sites is 1. The van der Waals surface area contributed by atoms with E-state index in [4.69, 9.17) is 5.73 Å². The van der Waals surface area contributed by atoms with Crippen molar-refractivity contribution in [2.45, 2.75) is 44.2 Å². The van der Waals surface area contributed by atoms with Crippen LogP contribution in [0.25, 0.3) is 0 Å². The van der Waals surface area contributed by atoms with E-state index < -0.39 is 4.92 Å². The molecule has 1 aliphatic rings. The zero-order chi connectivity index (χ0) is 14.5. The Morgan fingerprint density at radius 3 is 2.52 bits per heavy atom. The molecule has 7 heteroatoms. The topological polar surface area (TPSA) is 98.3 Å². The van der Waals surface area contributed by atoms with Gasteiger partial charge >= 0.3 is 0 Å². The molecule has 3 N–H and O–H groups in total.